The number of hydrogen-bond acceptors (Lipinski definition) is 1. The molecule has 1 N–H and O–H groups in total. The fourth-order valence-corrected chi connectivity index (χ4v) is 2.36. The molecule has 0 fully saturated rings. The van der Waals surface area contributed by atoms with Gasteiger partial charge in [0.2, 0.25) is 0 Å². The molecule has 2 nitrogen and oxygen atoms in total. The van der Waals surface area contributed by atoms with Gasteiger partial charge in [0.05, 0.1) is 0 Å². The molecule has 1 atom stereocenters. The molecule has 1 aliphatic heterocycles. The third-order valence-corrected chi connectivity index (χ3v) is 3.84. The largest absolute Gasteiger partial charge is 0.313 e. The zero-order valence-electron chi connectivity index (χ0n) is 13.2. The van der Waals surface area contributed by atoms with Gasteiger partial charge in [-0.1, -0.05) is 46.8 Å². The number of allylic oxidation sites excluding steroid dienone is 3. The Kier molecular flexibility index (Phi) is 5.16. The zero-order valence-corrected chi connectivity index (χ0v) is 13.2. The van der Waals surface area contributed by atoms with Gasteiger partial charge >= 0.3 is 0 Å². The van der Waals surface area contributed by atoms with E-state index in [1.54, 1.807) is 0 Å². The van der Waals surface area contributed by atoms with Gasteiger partial charge in [-0.15, -0.1) is 0 Å². The molecular weight excluding hydrogens is 232 g/mol. The normalized spacial score (nSPS) is 26.6. The van der Waals surface area contributed by atoms with Crippen molar-refractivity contribution in [1.82, 2.24) is 4.90 Å². The standard InChI is InChI=1S/C17H28N2/c1-11(2)16-8-13(5)14(6)17(12(3)4)10-19(9-16)15(7)18/h9-13,18H,6,8H2,1-5,7H3/b16-9+,17-10-,18-15?. The second kappa shape index (κ2) is 6.23. The molecule has 0 saturated carbocycles. The Hall–Kier alpha value is -1.31. The number of nitrogens with one attached hydrogen (secondary N) is 1. The van der Waals surface area contributed by atoms with Crippen LogP contribution in [0.25, 0.3) is 0 Å². The Balaban J connectivity index is 3.30. The van der Waals surface area contributed by atoms with E-state index in [2.05, 4.69) is 53.6 Å². The van der Waals surface area contributed by atoms with Crippen molar-refractivity contribution in [2.75, 3.05) is 0 Å². The van der Waals surface area contributed by atoms with Crippen molar-refractivity contribution in [3.63, 3.8) is 0 Å². The minimum absolute atomic E-state index is 0.436. The molecule has 106 valence electrons. The van der Waals surface area contributed by atoms with E-state index in [4.69, 9.17) is 5.41 Å². The maximum atomic E-state index is 7.94. The van der Waals surface area contributed by atoms with E-state index in [0.29, 0.717) is 23.6 Å². The van der Waals surface area contributed by atoms with Gasteiger partial charge in [0, 0.05) is 12.4 Å². The monoisotopic (exact) mass is 260 g/mol. The van der Waals surface area contributed by atoms with Gasteiger partial charge in [-0.3, -0.25) is 5.41 Å². The molecule has 1 aliphatic rings. The lowest BCUT2D eigenvalue weighted by atomic mass is 9.82. The van der Waals surface area contributed by atoms with Gasteiger partial charge in [-0.25, -0.2) is 0 Å². The number of amidine groups is 1. The first kappa shape index (κ1) is 15.7. The second-order valence-corrected chi connectivity index (χ2v) is 6.22. The van der Waals surface area contributed by atoms with Gasteiger partial charge in [-0.05, 0) is 42.2 Å². The van der Waals surface area contributed by atoms with Crippen molar-refractivity contribution in [3.05, 3.63) is 35.7 Å². The average Bonchev–Trinajstić information content (AvgIpc) is 2.28. The number of rotatable bonds is 2. The summed E-state index contributed by atoms with van der Waals surface area (Å²) in [7, 11) is 0. The minimum atomic E-state index is 0.436. The topological polar surface area (TPSA) is 27.1 Å². The Labute approximate surface area is 118 Å². The van der Waals surface area contributed by atoms with Crippen LogP contribution < -0.4 is 0 Å². The molecule has 1 heterocycles. The van der Waals surface area contributed by atoms with E-state index < -0.39 is 0 Å². The third-order valence-electron chi connectivity index (χ3n) is 3.84. The molecule has 1 unspecified atom stereocenters. The summed E-state index contributed by atoms with van der Waals surface area (Å²) in [5.41, 5.74) is 3.87. The second-order valence-electron chi connectivity index (χ2n) is 6.22. The van der Waals surface area contributed by atoms with Gasteiger partial charge in [0.15, 0.2) is 0 Å². The molecule has 0 aromatic heterocycles. The van der Waals surface area contributed by atoms with Crippen LogP contribution in [-0.2, 0) is 0 Å². The minimum Gasteiger partial charge on any atom is -0.313 e. The lowest BCUT2D eigenvalue weighted by Crippen LogP contribution is -2.22. The van der Waals surface area contributed by atoms with Crippen molar-refractivity contribution in [1.29, 1.82) is 5.41 Å². The highest BCUT2D eigenvalue weighted by Crippen LogP contribution is 2.33. The summed E-state index contributed by atoms with van der Waals surface area (Å²) in [6, 6.07) is 0. The highest BCUT2D eigenvalue weighted by atomic mass is 15.1. The Bertz CT molecular complexity index is 425. The van der Waals surface area contributed by atoms with Crippen molar-refractivity contribution < 1.29 is 0 Å². The molecule has 0 spiro atoms. The molecule has 0 saturated heterocycles. The predicted molar refractivity (Wildman–Crippen MR) is 84.0 cm³/mol. The van der Waals surface area contributed by atoms with E-state index >= 15 is 0 Å². The van der Waals surface area contributed by atoms with Gasteiger partial charge in [-0.2, -0.15) is 0 Å². The molecular formula is C17H28N2. The summed E-state index contributed by atoms with van der Waals surface area (Å²) in [6.07, 6.45) is 5.26. The Morgan fingerprint density at radius 1 is 1.26 bits per heavy atom. The zero-order chi connectivity index (χ0) is 14.7. The SMILES string of the molecule is C=C1/C(C(C)C)=C\N(C(C)=N)/C=C(/C(C)C)CC1C. The highest BCUT2D eigenvalue weighted by Gasteiger charge is 2.21. The fraction of sp³-hybridized carbons (Fsp3) is 0.588. The summed E-state index contributed by atoms with van der Waals surface area (Å²) >= 11 is 0. The molecule has 0 radical (unpaired) electrons. The van der Waals surface area contributed by atoms with Crippen LogP contribution in [0.5, 0.6) is 0 Å². The summed E-state index contributed by atoms with van der Waals surface area (Å²) in [5.74, 6) is 1.96. The van der Waals surface area contributed by atoms with Gasteiger partial charge in [0.25, 0.3) is 0 Å². The Morgan fingerprint density at radius 3 is 2.26 bits per heavy atom. The first-order valence-corrected chi connectivity index (χ1v) is 7.19. The maximum absolute atomic E-state index is 7.94. The van der Waals surface area contributed by atoms with Crippen molar-refractivity contribution in [3.8, 4) is 0 Å². The molecule has 2 heteroatoms. The summed E-state index contributed by atoms with van der Waals surface area (Å²) < 4.78 is 0. The number of hydrogen-bond donors (Lipinski definition) is 1. The van der Waals surface area contributed by atoms with Crippen LogP contribution in [0.15, 0.2) is 35.7 Å². The predicted octanol–water partition coefficient (Wildman–Crippen LogP) is 4.96. The Morgan fingerprint density at radius 2 is 1.84 bits per heavy atom. The van der Waals surface area contributed by atoms with Crippen LogP contribution in [0.2, 0.25) is 0 Å². The lowest BCUT2D eigenvalue weighted by Gasteiger charge is -2.29. The first-order valence-electron chi connectivity index (χ1n) is 7.19. The van der Waals surface area contributed by atoms with Crippen molar-refractivity contribution in [2.24, 2.45) is 17.8 Å². The van der Waals surface area contributed by atoms with Crippen molar-refractivity contribution >= 4 is 5.84 Å². The average molecular weight is 260 g/mol. The number of nitrogens with zero attached hydrogens (tertiary/aromatic N) is 1. The molecule has 0 amide bonds. The summed E-state index contributed by atoms with van der Waals surface area (Å²) in [6.45, 7) is 17.2. The molecule has 0 aliphatic carbocycles. The third kappa shape index (κ3) is 3.82. The van der Waals surface area contributed by atoms with Gasteiger partial charge < -0.3 is 4.90 Å². The molecule has 1 rings (SSSR count). The van der Waals surface area contributed by atoms with Crippen LogP contribution in [0, 0.1) is 23.2 Å². The smallest absolute Gasteiger partial charge is 0.101 e. The first-order chi connectivity index (χ1) is 8.73. The van der Waals surface area contributed by atoms with Crippen LogP contribution in [0.4, 0.5) is 0 Å². The van der Waals surface area contributed by atoms with Crippen molar-refractivity contribution in [2.45, 2.75) is 48.0 Å². The van der Waals surface area contributed by atoms with E-state index in [-0.39, 0.29) is 0 Å². The van der Waals surface area contributed by atoms with Crippen LogP contribution in [0.1, 0.15) is 48.0 Å². The quantitative estimate of drug-likeness (QED) is 0.551. The van der Waals surface area contributed by atoms with Crippen LogP contribution in [-0.4, -0.2) is 10.7 Å². The summed E-state index contributed by atoms with van der Waals surface area (Å²) in [4.78, 5) is 1.95. The lowest BCUT2D eigenvalue weighted by molar-refractivity contribution is 0.558. The maximum Gasteiger partial charge on any atom is 0.101 e. The fourth-order valence-electron chi connectivity index (χ4n) is 2.36. The van der Waals surface area contributed by atoms with E-state index in [9.17, 15) is 0 Å². The molecule has 0 bridgehead atoms. The van der Waals surface area contributed by atoms with Gasteiger partial charge in [0.1, 0.15) is 5.84 Å². The molecule has 0 aromatic carbocycles. The molecule has 0 aromatic rings. The van der Waals surface area contributed by atoms with Crippen LogP contribution in [0.3, 0.4) is 0 Å². The van der Waals surface area contributed by atoms with E-state index in [1.165, 1.54) is 16.7 Å². The van der Waals surface area contributed by atoms with E-state index in [0.717, 1.165) is 6.42 Å². The van der Waals surface area contributed by atoms with Crippen LogP contribution >= 0.6 is 0 Å². The van der Waals surface area contributed by atoms with E-state index in [1.807, 2.05) is 11.8 Å². The summed E-state index contributed by atoms with van der Waals surface area (Å²) in [5, 5.41) is 7.94. The molecule has 19 heavy (non-hydrogen) atoms. The highest BCUT2D eigenvalue weighted by molar-refractivity contribution is 5.78.